The number of ketones is 1. The van der Waals surface area contributed by atoms with Crippen LogP contribution in [0.4, 0.5) is 17.6 Å². The molecule has 0 saturated carbocycles. The lowest BCUT2D eigenvalue weighted by Gasteiger charge is -2.12. The molecular weight excluding hydrogens is 336 g/mol. The normalized spacial score (nSPS) is 11.9. The van der Waals surface area contributed by atoms with Gasteiger partial charge in [0.15, 0.2) is 5.78 Å². The van der Waals surface area contributed by atoms with Crippen LogP contribution in [0.3, 0.4) is 0 Å². The molecule has 3 nitrogen and oxygen atoms in total. The van der Waals surface area contributed by atoms with Crippen LogP contribution in [-0.4, -0.2) is 15.3 Å². The minimum atomic E-state index is -4.66. The van der Waals surface area contributed by atoms with Gasteiger partial charge >= 0.3 is 6.18 Å². The minimum Gasteiger partial charge on any atom is -0.316 e. The van der Waals surface area contributed by atoms with E-state index in [0.29, 0.717) is 17.5 Å². The number of carbonyl (C=O) groups excluding carboxylic acids is 1. The molecule has 0 unspecified atom stereocenters. The molecule has 0 aliphatic carbocycles. The van der Waals surface area contributed by atoms with Crippen molar-refractivity contribution in [3.05, 3.63) is 65.2 Å². The van der Waals surface area contributed by atoms with E-state index >= 15 is 0 Å². The highest BCUT2D eigenvalue weighted by molar-refractivity contribution is 5.95. The van der Waals surface area contributed by atoms with Crippen molar-refractivity contribution in [2.75, 3.05) is 0 Å². The molecule has 3 rings (SSSR count). The summed E-state index contributed by atoms with van der Waals surface area (Å²) in [6.07, 6.45) is -4.30. The maximum Gasteiger partial charge on any atom is 0.449 e. The number of alkyl halides is 3. The fraction of sp³-hybridized carbons (Fsp3) is 0.222. The van der Waals surface area contributed by atoms with Gasteiger partial charge < -0.3 is 4.57 Å². The number of carbonyl (C=O) groups is 1. The average Bonchev–Trinajstić information content (AvgIpc) is 2.92. The summed E-state index contributed by atoms with van der Waals surface area (Å²) in [7, 11) is 0. The molecule has 0 bridgehead atoms. The Kier molecular flexibility index (Phi) is 4.32. The Balaban J connectivity index is 2.04. The number of hydrogen-bond acceptors (Lipinski definition) is 2. The quantitative estimate of drug-likeness (QED) is 0.499. The molecule has 3 aromatic rings. The predicted molar refractivity (Wildman–Crippen MR) is 84.9 cm³/mol. The third-order valence-corrected chi connectivity index (χ3v) is 3.90. The molecule has 0 spiro atoms. The van der Waals surface area contributed by atoms with Gasteiger partial charge in [-0.05, 0) is 17.7 Å². The first-order chi connectivity index (χ1) is 11.8. The van der Waals surface area contributed by atoms with Crippen LogP contribution in [0.15, 0.2) is 42.5 Å². The number of hydrogen-bond donors (Lipinski definition) is 0. The van der Waals surface area contributed by atoms with Crippen molar-refractivity contribution < 1.29 is 22.4 Å². The van der Waals surface area contributed by atoms with Gasteiger partial charge in [-0.3, -0.25) is 4.79 Å². The summed E-state index contributed by atoms with van der Waals surface area (Å²) in [4.78, 5) is 15.2. The van der Waals surface area contributed by atoms with Gasteiger partial charge in [-0.1, -0.05) is 31.2 Å². The summed E-state index contributed by atoms with van der Waals surface area (Å²) in [6, 6.07) is 9.76. The average molecular weight is 350 g/mol. The second-order valence-electron chi connectivity index (χ2n) is 5.63. The van der Waals surface area contributed by atoms with Crippen molar-refractivity contribution in [1.82, 2.24) is 9.55 Å². The van der Waals surface area contributed by atoms with Gasteiger partial charge in [0.05, 0.1) is 11.0 Å². The Morgan fingerprint density at radius 2 is 1.80 bits per heavy atom. The molecule has 0 aliphatic rings. The summed E-state index contributed by atoms with van der Waals surface area (Å²) in [5.74, 6) is -1.76. The van der Waals surface area contributed by atoms with E-state index in [9.17, 15) is 22.4 Å². The van der Waals surface area contributed by atoms with Crippen LogP contribution in [0.5, 0.6) is 0 Å². The van der Waals surface area contributed by atoms with Crippen molar-refractivity contribution >= 4 is 16.8 Å². The smallest absolute Gasteiger partial charge is 0.316 e. The van der Waals surface area contributed by atoms with Crippen LogP contribution < -0.4 is 0 Å². The largest absolute Gasteiger partial charge is 0.449 e. The van der Waals surface area contributed by atoms with Crippen LogP contribution in [0.25, 0.3) is 11.0 Å². The van der Waals surface area contributed by atoms with Crippen LogP contribution >= 0.6 is 0 Å². The first kappa shape index (κ1) is 17.1. The van der Waals surface area contributed by atoms with E-state index in [1.54, 1.807) is 31.2 Å². The summed E-state index contributed by atoms with van der Waals surface area (Å²) in [6.45, 7) is 1.65. The highest BCUT2D eigenvalue weighted by atomic mass is 19.4. The number of benzene rings is 2. The van der Waals surface area contributed by atoms with Gasteiger partial charge in [-0.25, -0.2) is 9.37 Å². The van der Waals surface area contributed by atoms with Crippen LogP contribution in [0.1, 0.15) is 35.1 Å². The molecule has 0 amide bonds. The third kappa shape index (κ3) is 3.40. The highest BCUT2D eigenvalue weighted by Gasteiger charge is 2.37. The maximum atomic E-state index is 13.3. The molecule has 1 aromatic heterocycles. The second-order valence-corrected chi connectivity index (χ2v) is 5.63. The van der Waals surface area contributed by atoms with E-state index in [1.165, 1.54) is 6.07 Å². The highest BCUT2D eigenvalue weighted by Crippen LogP contribution is 2.32. The number of halogens is 4. The zero-order chi connectivity index (χ0) is 18.2. The van der Waals surface area contributed by atoms with E-state index < -0.39 is 17.8 Å². The summed E-state index contributed by atoms with van der Waals surface area (Å²) in [5.41, 5.74) is 1.24. The maximum absolute atomic E-state index is 13.3. The van der Waals surface area contributed by atoms with Crippen molar-refractivity contribution in [3.8, 4) is 0 Å². The summed E-state index contributed by atoms with van der Waals surface area (Å²) in [5, 5.41) is 0. The predicted octanol–water partition coefficient (Wildman–Crippen LogP) is 4.84. The van der Waals surface area contributed by atoms with Gasteiger partial charge in [0.2, 0.25) is 5.82 Å². The monoisotopic (exact) mass is 350 g/mol. The van der Waals surface area contributed by atoms with Gasteiger partial charge in [0.1, 0.15) is 5.82 Å². The van der Waals surface area contributed by atoms with Crippen molar-refractivity contribution in [2.45, 2.75) is 26.1 Å². The van der Waals surface area contributed by atoms with Crippen LogP contribution in [0.2, 0.25) is 0 Å². The third-order valence-electron chi connectivity index (χ3n) is 3.90. The SMILES string of the molecule is CCC(=O)c1ccc(Cn2c(C(F)(F)F)nc3cc(F)ccc32)cc1. The van der Waals surface area contributed by atoms with Crippen LogP contribution in [-0.2, 0) is 12.7 Å². The number of aromatic nitrogens is 2. The van der Waals surface area contributed by atoms with Gasteiger partial charge in [-0.2, -0.15) is 13.2 Å². The zero-order valence-corrected chi connectivity index (χ0v) is 13.3. The molecule has 0 N–H and O–H groups in total. The van der Waals surface area contributed by atoms with E-state index in [0.717, 1.165) is 16.7 Å². The lowest BCUT2D eigenvalue weighted by Crippen LogP contribution is -2.15. The number of fused-ring (bicyclic) bond motifs is 1. The molecule has 0 fully saturated rings. The van der Waals surface area contributed by atoms with Gasteiger partial charge in [0.25, 0.3) is 0 Å². The number of imidazole rings is 1. The molecule has 2 aromatic carbocycles. The molecular formula is C18H14F4N2O. The van der Waals surface area contributed by atoms with Crippen LogP contribution in [0, 0.1) is 5.82 Å². The topological polar surface area (TPSA) is 34.9 Å². The number of Topliss-reactive ketones (excluding diaryl/α,β-unsaturated/α-hetero) is 1. The summed E-state index contributed by atoms with van der Waals surface area (Å²) >= 11 is 0. The number of rotatable bonds is 4. The van der Waals surface area contributed by atoms with Gasteiger partial charge in [-0.15, -0.1) is 0 Å². The molecule has 0 atom stereocenters. The fourth-order valence-electron chi connectivity index (χ4n) is 2.66. The fourth-order valence-corrected chi connectivity index (χ4v) is 2.66. The first-order valence-electron chi connectivity index (χ1n) is 7.64. The van der Waals surface area contributed by atoms with Crippen molar-refractivity contribution in [3.63, 3.8) is 0 Å². The molecule has 0 saturated heterocycles. The molecule has 25 heavy (non-hydrogen) atoms. The zero-order valence-electron chi connectivity index (χ0n) is 13.3. The molecule has 1 heterocycles. The Morgan fingerprint density at radius 1 is 1.12 bits per heavy atom. The Morgan fingerprint density at radius 3 is 2.40 bits per heavy atom. The lowest BCUT2D eigenvalue weighted by atomic mass is 10.1. The van der Waals surface area contributed by atoms with Crippen molar-refractivity contribution in [2.24, 2.45) is 0 Å². The minimum absolute atomic E-state index is 0.0360. The van der Waals surface area contributed by atoms with E-state index in [1.807, 2.05) is 0 Å². The van der Waals surface area contributed by atoms with E-state index in [-0.39, 0.29) is 23.4 Å². The first-order valence-corrected chi connectivity index (χ1v) is 7.64. The summed E-state index contributed by atoms with van der Waals surface area (Å²) < 4.78 is 54.1. The number of nitrogens with zero attached hydrogens (tertiary/aromatic N) is 2. The van der Waals surface area contributed by atoms with E-state index in [2.05, 4.69) is 4.98 Å². The molecule has 0 radical (unpaired) electrons. The Labute approximate surface area is 140 Å². The second kappa shape index (κ2) is 6.31. The molecule has 130 valence electrons. The lowest BCUT2D eigenvalue weighted by molar-refractivity contribution is -0.146. The Bertz CT molecular complexity index is 927. The van der Waals surface area contributed by atoms with Gasteiger partial charge in [0, 0.05) is 24.6 Å². The van der Waals surface area contributed by atoms with E-state index in [4.69, 9.17) is 0 Å². The van der Waals surface area contributed by atoms with Crippen molar-refractivity contribution in [1.29, 1.82) is 0 Å². The standard InChI is InChI=1S/C18H14F4N2O/c1-2-16(25)12-5-3-11(4-6-12)10-24-15-8-7-13(19)9-14(15)23-17(24)18(20,21)22/h3-9H,2,10H2,1H3. The molecule has 7 heteroatoms. The Hall–Kier alpha value is -2.70. The molecule has 0 aliphatic heterocycles.